The van der Waals surface area contributed by atoms with Crippen molar-refractivity contribution in [3.63, 3.8) is 0 Å². The van der Waals surface area contributed by atoms with Crippen molar-refractivity contribution in [2.24, 2.45) is 7.05 Å². The molecule has 2 rings (SSSR count). The summed E-state index contributed by atoms with van der Waals surface area (Å²) in [4.78, 5) is 14.3. The van der Waals surface area contributed by atoms with Gasteiger partial charge in [0.25, 0.3) is 0 Å². The topological polar surface area (TPSA) is 38.1 Å². The van der Waals surface area contributed by atoms with E-state index in [2.05, 4.69) is 24.2 Å². The first-order valence-corrected chi connectivity index (χ1v) is 7.15. The minimum Gasteiger partial charge on any atom is -0.333 e. The molecule has 0 spiro atoms. The number of unbranched alkanes of at least 4 members (excludes halogenated alkanes) is 1. The molecule has 1 aliphatic heterocycles. The second-order valence-corrected chi connectivity index (χ2v) is 5.13. The van der Waals surface area contributed by atoms with Crippen LogP contribution in [0.2, 0.25) is 0 Å². The van der Waals surface area contributed by atoms with Crippen LogP contribution in [0.1, 0.15) is 38.3 Å². The molecule has 0 saturated heterocycles. The highest BCUT2D eigenvalue weighted by Gasteiger charge is 2.23. The predicted octanol–water partition coefficient (Wildman–Crippen LogP) is 2.31. The van der Waals surface area contributed by atoms with Gasteiger partial charge in [0.1, 0.15) is 0 Å². The molecule has 1 aromatic heterocycles. The van der Waals surface area contributed by atoms with Crippen LogP contribution in [0, 0.1) is 0 Å². The quantitative estimate of drug-likeness (QED) is 0.737. The fourth-order valence-corrected chi connectivity index (χ4v) is 2.55. The van der Waals surface area contributed by atoms with Gasteiger partial charge in [-0.2, -0.15) is 5.10 Å². The van der Waals surface area contributed by atoms with Gasteiger partial charge in [-0.15, -0.1) is 0 Å². The van der Waals surface area contributed by atoms with Gasteiger partial charge in [-0.1, -0.05) is 31.9 Å². The van der Waals surface area contributed by atoms with Gasteiger partial charge in [0.15, 0.2) is 0 Å². The molecule has 0 aromatic carbocycles. The molecule has 0 saturated carbocycles. The fourth-order valence-electron chi connectivity index (χ4n) is 2.55. The molecule has 4 nitrogen and oxygen atoms in total. The van der Waals surface area contributed by atoms with E-state index < -0.39 is 0 Å². The maximum Gasteiger partial charge on any atom is 0.223 e. The first kappa shape index (κ1) is 13.8. The molecule has 1 aliphatic rings. The van der Waals surface area contributed by atoms with Crippen LogP contribution in [-0.4, -0.2) is 33.2 Å². The Morgan fingerprint density at radius 1 is 1.53 bits per heavy atom. The summed E-state index contributed by atoms with van der Waals surface area (Å²) in [5, 5.41) is 4.13. The van der Waals surface area contributed by atoms with E-state index in [0.717, 1.165) is 25.1 Å². The number of carbonyl (C=O) groups is 1. The molecular formula is C15H23N3O. The van der Waals surface area contributed by atoms with E-state index in [1.807, 2.05) is 22.7 Å². The third kappa shape index (κ3) is 3.46. The molecule has 19 heavy (non-hydrogen) atoms. The van der Waals surface area contributed by atoms with Crippen molar-refractivity contribution in [3.8, 4) is 0 Å². The molecule has 0 N–H and O–H groups in total. The van der Waals surface area contributed by atoms with Crippen LogP contribution >= 0.6 is 0 Å². The number of carbonyl (C=O) groups excluding carboxylic acids is 1. The number of nitrogens with zero attached hydrogens (tertiary/aromatic N) is 3. The Hall–Kier alpha value is -1.58. The van der Waals surface area contributed by atoms with Crippen LogP contribution in [0.25, 0.3) is 0 Å². The van der Waals surface area contributed by atoms with Crippen molar-refractivity contribution in [2.45, 2.75) is 45.1 Å². The standard InChI is InChI=1S/C15H23N3O/c1-3-4-6-14-7-5-12-18(14)15(19)9-8-13-10-11-16-17(13)2/h5,7,10-11,14H,3-4,6,8-9,12H2,1-2H3. The molecule has 0 radical (unpaired) electrons. The molecule has 104 valence electrons. The summed E-state index contributed by atoms with van der Waals surface area (Å²) in [6.07, 6.45) is 10.9. The van der Waals surface area contributed by atoms with Gasteiger partial charge in [0, 0.05) is 31.9 Å². The molecule has 2 heterocycles. The zero-order valence-corrected chi connectivity index (χ0v) is 11.9. The Labute approximate surface area is 115 Å². The van der Waals surface area contributed by atoms with E-state index in [0.29, 0.717) is 12.5 Å². The van der Waals surface area contributed by atoms with E-state index in [9.17, 15) is 4.79 Å². The fraction of sp³-hybridized carbons (Fsp3) is 0.600. The maximum atomic E-state index is 12.3. The highest BCUT2D eigenvalue weighted by molar-refractivity contribution is 5.77. The second kappa shape index (κ2) is 6.55. The van der Waals surface area contributed by atoms with E-state index in [4.69, 9.17) is 0 Å². The Morgan fingerprint density at radius 2 is 2.37 bits per heavy atom. The SMILES string of the molecule is CCCCC1C=CCN1C(=O)CCc1ccnn1C. The maximum absolute atomic E-state index is 12.3. The highest BCUT2D eigenvalue weighted by Crippen LogP contribution is 2.17. The third-order valence-corrected chi connectivity index (χ3v) is 3.75. The number of aryl methyl sites for hydroxylation is 2. The van der Waals surface area contributed by atoms with Crippen molar-refractivity contribution >= 4 is 5.91 Å². The first-order chi connectivity index (χ1) is 9.22. The van der Waals surface area contributed by atoms with E-state index in [-0.39, 0.29) is 5.91 Å². The Balaban J connectivity index is 1.84. The van der Waals surface area contributed by atoms with Crippen LogP contribution in [0.4, 0.5) is 0 Å². The van der Waals surface area contributed by atoms with E-state index in [1.165, 1.54) is 12.8 Å². The van der Waals surface area contributed by atoms with Crippen molar-refractivity contribution in [2.75, 3.05) is 6.54 Å². The molecule has 0 fully saturated rings. The van der Waals surface area contributed by atoms with Crippen LogP contribution in [0.5, 0.6) is 0 Å². The summed E-state index contributed by atoms with van der Waals surface area (Å²) < 4.78 is 1.84. The lowest BCUT2D eigenvalue weighted by Gasteiger charge is -2.24. The van der Waals surface area contributed by atoms with Gasteiger partial charge < -0.3 is 4.90 Å². The minimum atomic E-state index is 0.257. The number of hydrogen-bond acceptors (Lipinski definition) is 2. The van der Waals surface area contributed by atoms with Gasteiger partial charge in [-0.05, 0) is 18.9 Å². The molecule has 0 bridgehead atoms. The zero-order valence-electron chi connectivity index (χ0n) is 11.9. The average Bonchev–Trinajstić information content (AvgIpc) is 3.02. The molecule has 4 heteroatoms. The minimum absolute atomic E-state index is 0.257. The Morgan fingerprint density at radius 3 is 3.05 bits per heavy atom. The third-order valence-electron chi connectivity index (χ3n) is 3.75. The number of rotatable bonds is 6. The number of amides is 1. The molecule has 1 aromatic rings. The van der Waals surface area contributed by atoms with E-state index >= 15 is 0 Å². The van der Waals surface area contributed by atoms with Gasteiger partial charge in [-0.25, -0.2) is 0 Å². The summed E-state index contributed by atoms with van der Waals surface area (Å²) in [5.41, 5.74) is 1.12. The summed E-state index contributed by atoms with van der Waals surface area (Å²) >= 11 is 0. The smallest absolute Gasteiger partial charge is 0.223 e. The van der Waals surface area contributed by atoms with Gasteiger partial charge in [0.2, 0.25) is 5.91 Å². The summed E-state index contributed by atoms with van der Waals surface area (Å²) in [5.74, 6) is 0.257. The van der Waals surface area contributed by atoms with Gasteiger partial charge in [-0.3, -0.25) is 9.48 Å². The van der Waals surface area contributed by atoms with Crippen LogP contribution in [-0.2, 0) is 18.3 Å². The largest absolute Gasteiger partial charge is 0.333 e. The number of aromatic nitrogens is 2. The lowest BCUT2D eigenvalue weighted by Crippen LogP contribution is -2.36. The van der Waals surface area contributed by atoms with Crippen LogP contribution in [0.15, 0.2) is 24.4 Å². The predicted molar refractivity (Wildman–Crippen MR) is 75.7 cm³/mol. The zero-order chi connectivity index (χ0) is 13.7. The normalized spacial score (nSPS) is 18.2. The first-order valence-electron chi connectivity index (χ1n) is 7.15. The van der Waals surface area contributed by atoms with Crippen LogP contribution in [0.3, 0.4) is 0 Å². The van der Waals surface area contributed by atoms with Gasteiger partial charge in [0.05, 0.1) is 6.04 Å². The molecular weight excluding hydrogens is 238 g/mol. The second-order valence-electron chi connectivity index (χ2n) is 5.13. The average molecular weight is 261 g/mol. The molecule has 1 unspecified atom stereocenters. The highest BCUT2D eigenvalue weighted by atomic mass is 16.2. The van der Waals surface area contributed by atoms with Gasteiger partial charge >= 0.3 is 0 Å². The Bertz CT molecular complexity index is 450. The van der Waals surface area contributed by atoms with Crippen molar-refractivity contribution in [1.82, 2.24) is 14.7 Å². The summed E-state index contributed by atoms with van der Waals surface area (Å²) in [6.45, 7) is 2.96. The van der Waals surface area contributed by atoms with Crippen molar-refractivity contribution < 1.29 is 4.79 Å². The van der Waals surface area contributed by atoms with Crippen molar-refractivity contribution in [1.29, 1.82) is 0 Å². The summed E-state index contributed by atoms with van der Waals surface area (Å²) in [6, 6.07) is 2.29. The van der Waals surface area contributed by atoms with Crippen molar-refractivity contribution in [3.05, 3.63) is 30.1 Å². The summed E-state index contributed by atoms with van der Waals surface area (Å²) in [7, 11) is 1.92. The number of hydrogen-bond donors (Lipinski definition) is 0. The monoisotopic (exact) mass is 261 g/mol. The Kier molecular flexibility index (Phi) is 4.77. The molecule has 1 atom stereocenters. The lowest BCUT2D eigenvalue weighted by atomic mass is 10.1. The lowest BCUT2D eigenvalue weighted by molar-refractivity contribution is -0.131. The molecule has 0 aliphatic carbocycles. The van der Waals surface area contributed by atoms with E-state index in [1.54, 1.807) is 6.20 Å². The molecule has 1 amide bonds. The van der Waals surface area contributed by atoms with Crippen LogP contribution < -0.4 is 0 Å².